The molecule has 0 spiro atoms. The van der Waals surface area contributed by atoms with Gasteiger partial charge in [0.25, 0.3) is 11.6 Å². The molecule has 3 heterocycles. The van der Waals surface area contributed by atoms with Gasteiger partial charge in [0.15, 0.2) is 5.76 Å². The number of carbonyl (C=O) groups is 1. The van der Waals surface area contributed by atoms with Crippen LogP contribution in [0.5, 0.6) is 0 Å². The number of hydrogen-bond donors (Lipinski definition) is 0. The van der Waals surface area contributed by atoms with Crippen molar-refractivity contribution in [2.24, 2.45) is 10.8 Å². The van der Waals surface area contributed by atoms with Gasteiger partial charge in [-0.3, -0.25) is 14.9 Å². The molecule has 2 aromatic heterocycles. The molecule has 1 amide bonds. The van der Waals surface area contributed by atoms with Crippen molar-refractivity contribution >= 4 is 11.6 Å². The van der Waals surface area contributed by atoms with Crippen LogP contribution in [0.2, 0.25) is 0 Å². The van der Waals surface area contributed by atoms with Crippen LogP contribution < -0.4 is 0 Å². The second-order valence-electron chi connectivity index (χ2n) is 10.2. The number of aromatic nitrogens is 2. The van der Waals surface area contributed by atoms with E-state index >= 15 is 0 Å². The molecule has 1 saturated heterocycles. The van der Waals surface area contributed by atoms with Crippen molar-refractivity contribution in [2.75, 3.05) is 6.54 Å². The normalized spacial score (nSPS) is 24.0. The van der Waals surface area contributed by atoms with Crippen LogP contribution in [0.25, 0.3) is 17.1 Å². The highest BCUT2D eigenvalue weighted by atomic mass is 16.6. The van der Waals surface area contributed by atoms with Gasteiger partial charge < -0.3 is 9.32 Å². The van der Waals surface area contributed by atoms with Gasteiger partial charge in [-0.05, 0) is 54.4 Å². The van der Waals surface area contributed by atoms with Gasteiger partial charge in [-0.15, -0.1) is 0 Å². The second kappa shape index (κ2) is 7.05. The van der Waals surface area contributed by atoms with Crippen LogP contribution in [0, 0.1) is 20.9 Å². The molecule has 2 atom stereocenters. The number of nitrogens with zero attached hydrogens (tertiary/aromatic N) is 4. The molecule has 0 N–H and O–H groups in total. The molecule has 2 bridgehead atoms. The maximum absolute atomic E-state index is 13.8. The molecule has 1 aliphatic heterocycles. The number of rotatable bonds is 4. The largest absolute Gasteiger partial charge is 0.463 e. The van der Waals surface area contributed by atoms with Gasteiger partial charge in [0.05, 0.1) is 16.9 Å². The summed E-state index contributed by atoms with van der Waals surface area (Å²) in [5.74, 6) is 0.494. The first kappa shape index (κ1) is 20.5. The summed E-state index contributed by atoms with van der Waals surface area (Å²) < 4.78 is 7.07. The predicted octanol–water partition coefficient (Wildman–Crippen LogP) is 5.08. The Kier molecular flexibility index (Phi) is 4.51. The van der Waals surface area contributed by atoms with Gasteiger partial charge in [0.2, 0.25) is 0 Å². The average Bonchev–Trinajstić information content (AvgIpc) is 3.44. The molecule has 2 aliphatic rings. The van der Waals surface area contributed by atoms with Crippen LogP contribution >= 0.6 is 0 Å². The summed E-state index contributed by atoms with van der Waals surface area (Å²) in [6.45, 7) is 7.56. The van der Waals surface area contributed by atoms with E-state index in [0.717, 1.165) is 25.8 Å². The maximum atomic E-state index is 13.8. The van der Waals surface area contributed by atoms with E-state index in [1.54, 1.807) is 41.3 Å². The van der Waals surface area contributed by atoms with Crippen LogP contribution in [0.1, 0.15) is 50.5 Å². The van der Waals surface area contributed by atoms with Gasteiger partial charge in [0, 0.05) is 30.8 Å². The second-order valence-corrected chi connectivity index (χ2v) is 10.2. The summed E-state index contributed by atoms with van der Waals surface area (Å²) in [5, 5.41) is 15.7. The molecular formula is C24H26N4O4. The molecule has 3 aromatic rings. The zero-order valence-electron chi connectivity index (χ0n) is 18.4. The fraction of sp³-hybridized carbons (Fsp3) is 0.417. The smallest absolute Gasteiger partial charge is 0.272 e. The Hall–Kier alpha value is -3.42. The lowest BCUT2D eigenvalue weighted by atomic mass is 9.65. The summed E-state index contributed by atoms with van der Waals surface area (Å²) in [5.41, 5.74) is 1.87. The molecule has 32 heavy (non-hydrogen) atoms. The topological polar surface area (TPSA) is 94.4 Å². The van der Waals surface area contributed by atoms with Crippen molar-refractivity contribution in [1.29, 1.82) is 0 Å². The molecule has 2 fully saturated rings. The Labute approximate surface area is 186 Å². The quantitative estimate of drug-likeness (QED) is 0.421. The van der Waals surface area contributed by atoms with Gasteiger partial charge >= 0.3 is 0 Å². The lowest BCUT2D eigenvalue weighted by molar-refractivity contribution is -0.384. The average molecular weight is 434 g/mol. The molecule has 1 aromatic carbocycles. The van der Waals surface area contributed by atoms with E-state index in [9.17, 15) is 14.9 Å². The number of benzene rings is 1. The minimum absolute atomic E-state index is 0.0106. The third-order valence-electron chi connectivity index (χ3n) is 6.68. The first-order valence-corrected chi connectivity index (χ1v) is 10.8. The van der Waals surface area contributed by atoms with Crippen LogP contribution in [0.4, 0.5) is 5.69 Å². The summed E-state index contributed by atoms with van der Waals surface area (Å²) in [4.78, 5) is 26.4. The Balaban J connectivity index is 1.55. The van der Waals surface area contributed by atoms with Gasteiger partial charge in [0.1, 0.15) is 11.4 Å². The van der Waals surface area contributed by atoms with Crippen molar-refractivity contribution in [2.45, 2.75) is 46.1 Å². The molecule has 166 valence electrons. The zero-order valence-corrected chi connectivity index (χ0v) is 18.4. The van der Waals surface area contributed by atoms with Crippen molar-refractivity contribution in [1.82, 2.24) is 14.7 Å². The molecule has 8 heteroatoms. The van der Waals surface area contributed by atoms with E-state index in [1.165, 1.54) is 12.1 Å². The Morgan fingerprint density at radius 2 is 1.94 bits per heavy atom. The molecule has 8 nitrogen and oxygen atoms in total. The molecule has 1 aliphatic carbocycles. The van der Waals surface area contributed by atoms with Crippen LogP contribution in [0.3, 0.4) is 0 Å². The first-order chi connectivity index (χ1) is 15.1. The molecule has 1 saturated carbocycles. The Bertz CT molecular complexity index is 1180. The number of fused-ring (bicyclic) bond motifs is 2. The van der Waals surface area contributed by atoms with Crippen LogP contribution in [-0.4, -0.2) is 38.1 Å². The summed E-state index contributed by atoms with van der Waals surface area (Å²) in [7, 11) is 0. The van der Waals surface area contributed by atoms with Gasteiger partial charge in [-0.2, -0.15) is 5.10 Å². The SMILES string of the molecule is CC1(C)CC2CC(C)(CN2C(=O)c2cc(-c3ccco3)nn2-c2ccc([N+](=O)[O-])cc2)C1. The molecule has 2 unspecified atom stereocenters. The number of hydrogen-bond acceptors (Lipinski definition) is 5. The number of amides is 1. The monoisotopic (exact) mass is 434 g/mol. The lowest BCUT2D eigenvalue weighted by Crippen LogP contribution is -2.38. The fourth-order valence-electron chi connectivity index (χ4n) is 5.84. The number of nitro groups is 1. The minimum Gasteiger partial charge on any atom is -0.463 e. The van der Waals surface area contributed by atoms with E-state index in [4.69, 9.17) is 4.42 Å². The number of carbonyl (C=O) groups excluding carboxylic acids is 1. The Morgan fingerprint density at radius 3 is 2.59 bits per heavy atom. The van der Waals surface area contributed by atoms with E-state index < -0.39 is 4.92 Å². The Morgan fingerprint density at radius 1 is 1.19 bits per heavy atom. The van der Waals surface area contributed by atoms with Crippen molar-refractivity contribution in [3.63, 3.8) is 0 Å². The highest BCUT2D eigenvalue weighted by Gasteiger charge is 2.51. The van der Waals surface area contributed by atoms with Crippen molar-refractivity contribution in [3.8, 4) is 17.1 Å². The van der Waals surface area contributed by atoms with E-state index in [2.05, 4.69) is 25.9 Å². The number of non-ortho nitro benzene ring substituents is 1. The lowest BCUT2D eigenvalue weighted by Gasteiger charge is -2.39. The summed E-state index contributed by atoms with van der Waals surface area (Å²) in [6.07, 6.45) is 4.65. The standard InChI is InChI=1S/C24H26N4O4/c1-23(2)12-18-13-24(3,14-23)15-26(18)22(29)20-11-19(21-5-4-10-32-21)25-27(20)16-6-8-17(9-7-16)28(30)31/h4-11,18H,12-15H2,1-3H3. The zero-order chi connectivity index (χ0) is 22.7. The molecule has 5 rings (SSSR count). The van der Waals surface area contributed by atoms with E-state index in [-0.39, 0.29) is 28.5 Å². The number of nitro benzene ring substituents is 1. The van der Waals surface area contributed by atoms with Gasteiger partial charge in [-0.25, -0.2) is 4.68 Å². The van der Waals surface area contributed by atoms with E-state index in [0.29, 0.717) is 22.8 Å². The third kappa shape index (κ3) is 3.49. The minimum atomic E-state index is -0.444. The third-order valence-corrected chi connectivity index (χ3v) is 6.68. The predicted molar refractivity (Wildman–Crippen MR) is 118 cm³/mol. The maximum Gasteiger partial charge on any atom is 0.272 e. The van der Waals surface area contributed by atoms with Crippen molar-refractivity contribution in [3.05, 3.63) is 64.5 Å². The highest BCUT2D eigenvalue weighted by molar-refractivity contribution is 5.94. The van der Waals surface area contributed by atoms with Crippen LogP contribution in [-0.2, 0) is 0 Å². The van der Waals surface area contributed by atoms with Crippen LogP contribution in [0.15, 0.2) is 53.1 Å². The van der Waals surface area contributed by atoms with Crippen molar-refractivity contribution < 1.29 is 14.1 Å². The first-order valence-electron chi connectivity index (χ1n) is 10.8. The highest BCUT2D eigenvalue weighted by Crippen LogP contribution is 2.52. The fourth-order valence-corrected chi connectivity index (χ4v) is 5.84. The number of furan rings is 1. The molecule has 0 radical (unpaired) electrons. The van der Waals surface area contributed by atoms with Gasteiger partial charge in [-0.1, -0.05) is 20.8 Å². The summed E-state index contributed by atoms with van der Waals surface area (Å²) >= 11 is 0. The number of likely N-dealkylation sites (tertiary alicyclic amines) is 1. The van der Waals surface area contributed by atoms with E-state index in [1.807, 2.05) is 4.90 Å². The summed E-state index contributed by atoms with van der Waals surface area (Å²) in [6, 6.07) is 11.6. The molecular weight excluding hydrogens is 408 g/mol.